The quantitative estimate of drug-likeness (QED) is 0.0228. The summed E-state index contributed by atoms with van der Waals surface area (Å²) in [5.41, 5.74) is 0. The minimum Gasteiger partial charge on any atom is -0.479 e. The first-order valence-corrected chi connectivity index (χ1v) is 33.6. The molecule has 1 rings (SSSR count). The molecule has 0 radical (unpaired) electrons. The number of allylic oxidation sites excluding steroid dienone is 8. The Hall–Kier alpha value is -3.32. The predicted molar refractivity (Wildman–Crippen MR) is 331 cm³/mol. The van der Waals surface area contributed by atoms with Crippen molar-refractivity contribution < 1.29 is 58.2 Å². The molecule has 1 aliphatic rings. The molecule has 1 heterocycles. The summed E-state index contributed by atoms with van der Waals surface area (Å²) in [6.07, 6.45) is 57.8. The van der Waals surface area contributed by atoms with E-state index in [0.29, 0.717) is 19.3 Å². The lowest BCUT2D eigenvalue weighted by molar-refractivity contribution is -0.301. The molecule has 0 aromatic heterocycles. The van der Waals surface area contributed by atoms with Crippen LogP contribution in [0, 0.1) is 0 Å². The lowest BCUT2D eigenvalue weighted by Gasteiger charge is -2.40. The molecule has 81 heavy (non-hydrogen) atoms. The highest BCUT2D eigenvalue weighted by Crippen LogP contribution is 2.27. The molecule has 470 valence electrons. The summed E-state index contributed by atoms with van der Waals surface area (Å²) >= 11 is 0. The molecule has 1 saturated heterocycles. The molecule has 12 nitrogen and oxygen atoms in total. The third-order valence-corrected chi connectivity index (χ3v) is 15.3. The summed E-state index contributed by atoms with van der Waals surface area (Å²) in [6.45, 7) is 5.98. The molecule has 3 N–H and O–H groups in total. The molecular formula is C69H122O12. The van der Waals surface area contributed by atoms with Gasteiger partial charge in [-0.1, -0.05) is 243 Å². The number of carboxylic acid groups (broad SMARTS) is 1. The normalized spacial score (nSPS) is 18.0. The van der Waals surface area contributed by atoms with Crippen LogP contribution in [0.5, 0.6) is 0 Å². The van der Waals surface area contributed by atoms with Gasteiger partial charge in [0, 0.05) is 19.3 Å². The Morgan fingerprint density at radius 2 is 0.741 bits per heavy atom. The van der Waals surface area contributed by atoms with E-state index in [4.69, 9.17) is 23.7 Å². The van der Waals surface area contributed by atoms with Crippen LogP contribution in [0.3, 0.4) is 0 Å². The Bertz CT molecular complexity index is 1590. The molecule has 0 saturated carbocycles. The number of carbonyl (C=O) groups excluding carboxylic acids is 3. The molecule has 1 aliphatic heterocycles. The second-order valence-electron chi connectivity index (χ2n) is 23.1. The summed E-state index contributed by atoms with van der Waals surface area (Å²) in [5, 5.41) is 31.6. The van der Waals surface area contributed by atoms with Gasteiger partial charge >= 0.3 is 23.9 Å². The van der Waals surface area contributed by atoms with Crippen molar-refractivity contribution in [3.8, 4) is 0 Å². The van der Waals surface area contributed by atoms with Gasteiger partial charge in [-0.05, 0) is 103 Å². The third kappa shape index (κ3) is 46.7. The fourth-order valence-corrected chi connectivity index (χ4v) is 10.2. The highest BCUT2D eigenvalue weighted by molar-refractivity contribution is 5.74. The Morgan fingerprint density at radius 3 is 1.16 bits per heavy atom. The van der Waals surface area contributed by atoms with Crippen molar-refractivity contribution in [3.63, 3.8) is 0 Å². The van der Waals surface area contributed by atoms with Crippen molar-refractivity contribution in [1.82, 2.24) is 0 Å². The number of unbranched alkanes of at least 4 members (excludes halogenated alkanes) is 36. The largest absolute Gasteiger partial charge is 0.479 e. The molecular weight excluding hydrogens is 1020 g/mol. The summed E-state index contributed by atoms with van der Waals surface area (Å²) in [6, 6.07) is 0. The van der Waals surface area contributed by atoms with Gasteiger partial charge in [-0.2, -0.15) is 0 Å². The van der Waals surface area contributed by atoms with Gasteiger partial charge in [-0.3, -0.25) is 14.4 Å². The smallest absolute Gasteiger partial charge is 0.335 e. The maximum atomic E-state index is 13.2. The second-order valence-corrected chi connectivity index (χ2v) is 23.1. The first-order valence-electron chi connectivity index (χ1n) is 33.6. The van der Waals surface area contributed by atoms with Crippen LogP contribution in [0.2, 0.25) is 0 Å². The van der Waals surface area contributed by atoms with Gasteiger partial charge in [0.15, 0.2) is 24.6 Å². The van der Waals surface area contributed by atoms with E-state index in [1.807, 2.05) is 0 Å². The van der Waals surface area contributed by atoms with Crippen LogP contribution in [0.25, 0.3) is 0 Å². The zero-order valence-electron chi connectivity index (χ0n) is 52.0. The van der Waals surface area contributed by atoms with Crippen LogP contribution in [0.1, 0.15) is 316 Å². The third-order valence-electron chi connectivity index (χ3n) is 15.3. The SMILES string of the molecule is CCCCC/C=C\C/C=C\CCCCCCCCCCCC(=O)OC1C(OCC(COC(=O)CCCCCCCCCCC/C=C\CCCCCCCC)OC(=O)CCCCCCC/C=C\CCCCCC)OC(C(=O)O)C(O)C1O. The number of aliphatic carboxylic acids is 1. The van der Waals surface area contributed by atoms with E-state index in [9.17, 15) is 34.5 Å². The molecule has 1 fully saturated rings. The first-order chi connectivity index (χ1) is 39.6. The Morgan fingerprint density at radius 1 is 0.407 bits per heavy atom. The first kappa shape index (κ1) is 75.7. The lowest BCUT2D eigenvalue weighted by Crippen LogP contribution is -2.61. The van der Waals surface area contributed by atoms with Gasteiger partial charge in [0.2, 0.25) is 0 Å². The van der Waals surface area contributed by atoms with E-state index in [1.165, 1.54) is 161 Å². The molecule has 6 atom stereocenters. The fourth-order valence-electron chi connectivity index (χ4n) is 10.2. The zero-order chi connectivity index (χ0) is 58.9. The summed E-state index contributed by atoms with van der Waals surface area (Å²) in [5.74, 6) is -3.11. The number of hydrogen-bond acceptors (Lipinski definition) is 11. The van der Waals surface area contributed by atoms with Gasteiger partial charge in [0.05, 0.1) is 6.61 Å². The molecule has 12 heteroatoms. The highest BCUT2D eigenvalue weighted by Gasteiger charge is 2.50. The number of aliphatic hydroxyl groups is 2. The van der Waals surface area contributed by atoms with Gasteiger partial charge in [0.1, 0.15) is 18.8 Å². The van der Waals surface area contributed by atoms with Crippen molar-refractivity contribution >= 4 is 23.9 Å². The topological polar surface area (TPSA) is 175 Å². The maximum Gasteiger partial charge on any atom is 0.335 e. The van der Waals surface area contributed by atoms with Crippen molar-refractivity contribution in [2.24, 2.45) is 0 Å². The van der Waals surface area contributed by atoms with Crippen LogP contribution in [0.15, 0.2) is 48.6 Å². The summed E-state index contributed by atoms with van der Waals surface area (Å²) in [7, 11) is 0. The number of carbonyl (C=O) groups is 4. The molecule has 0 spiro atoms. The predicted octanol–water partition coefficient (Wildman–Crippen LogP) is 18.1. The van der Waals surface area contributed by atoms with Crippen LogP contribution in [-0.2, 0) is 42.9 Å². The number of esters is 3. The number of ether oxygens (including phenoxy) is 5. The standard InChI is InChI=1S/C69H122O12/c1-4-7-10-13-16-19-22-25-27-29-31-33-35-38-40-43-46-49-52-55-61(70)77-58-60(79-62(71)56-53-50-47-44-41-37-24-21-18-15-12-9-6-3)59-78-69-67(65(74)64(73)66(81-69)68(75)76)80-63(72)57-54-51-48-45-42-39-36-34-32-30-28-26-23-20-17-14-11-8-5-2/h17,20-21,24-28,60,64-67,69,73-74H,4-16,18-19,22-23,29-59H2,1-3H3,(H,75,76)/b20-17-,24-21-,27-25-,28-26-. The van der Waals surface area contributed by atoms with E-state index < -0.39 is 67.3 Å². The summed E-state index contributed by atoms with van der Waals surface area (Å²) < 4.78 is 28.6. The Kier molecular flexibility index (Phi) is 53.4. The van der Waals surface area contributed by atoms with E-state index in [0.717, 1.165) is 96.3 Å². The van der Waals surface area contributed by atoms with Gasteiger partial charge in [0.25, 0.3) is 0 Å². The molecule has 0 aliphatic carbocycles. The van der Waals surface area contributed by atoms with Crippen molar-refractivity contribution in [1.29, 1.82) is 0 Å². The molecule has 0 aromatic carbocycles. The maximum absolute atomic E-state index is 13.2. The van der Waals surface area contributed by atoms with Crippen molar-refractivity contribution in [3.05, 3.63) is 48.6 Å². The second kappa shape index (κ2) is 57.1. The minimum absolute atomic E-state index is 0.0562. The van der Waals surface area contributed by atoms with Gasteiger partial charge in [-0.25, -0.2) is 4.79 Å². The molecule has 6 unspecified atom stereocenters. The number of aliphatic hydroxyl groups excluding tert-OH is 2. The lowest BCUT2D eigenvalue weighted by atomic mass is 9.98. The van der Waals surface area contributed by atoms with Gasteiger partial charge in [-0.15, -0.1) is 0 Å². The minimum atomic E-state index is -1.91. The summed E-state index contributed by atoms with van der Waals surface area (Å²) in [4.78, 5) is 51.3. The van der Waals surface area contributed by atoms with Crippen LogP contribution in [0.4, 0.5) is 0 Å². The number of carboxylic acids is 1. The highest BCUT2D eigenvalue weighted by atomic mass is 16.7. The average molecular weight is 1140 g/mol. The fraction of sp³-hybridized carbons (Fsp3) is 0.826. The monoisotopic (exact) mass is 1140 g/mol. The molecule has 0 bridgehead atoms. The van der Waals surface area contributed by atoms with Gasteiger partial charge < -0.3 is 39.0 Å². The number of rotatable bonds is 58. The number of hydrogen-bond donors (Lipinski definition) is 3. The van der Waals surface area contributed by atoms with E-state index >= 15 is 0 Å². The van der Waals surface area contributed by atoms with E-state index in [2.05, 4.69) is 69.4 Å². The average Bonchev–Trinajstić information content (AvgIpc) is 3.54. The van der Waals surface area contributed by atoms with E-state index in [1.54, 1.807) is 0 Å². The van der Waals surface area contributed by atoms with Crippen LogP contribution >= 0.6 is 0 Å². The molecule has 0 aromatic rings. The zero-order valence-corrected chi connectivity index (χ0v) is 52.0. The van der Waals surface area contributed by atoms with Crippen molar-refractivity contribution in [2.45, 2.75) is 353 Å². The Balaban J connectivity index is 2.62. The Labute approximate surface area is 494 Å². The van der Waals surface area contributed by atoms with Crippen molar-refractivity contribution in [2.75, 3.05) is 13.2 Å². The van der Waals surface area contributed by atoms with Crippen LogP contribution < -0.4 is 0 Å². The van der Waals surface area contributed by atoms with E-state index in [-0.39, 0.29) is 25.9 Å². The molecule has 0 amide bonds. The van der Waals surface area contributed by atoms with Crippen LogP contribution in [-0.4, -0.2) is 89.2 Å².